The molecule has 0 radical (unpaired) electrons. The topological polar surface area (TPSA) is 167 Å². The first-order valence-electron chi connectivity index (χ1n) is 21.1. The van der Waals surface area contributed by atoms with E-state index in [0.29, 0.717) is 89.6 Å². The minimum absolute atomic E-state index is 0.0229. The fraction of sp³-hybridized carbons (Fsp3) is 0.234. The van der Waals surface area contributed by atoms with Crippen LogP contribution in [0.3, 0.4) is 0 Å². The Morgan fingerprint density at radius 3 is 2.42 bits per heavy atom. The van der Waals surface area contributed by atoms with Crippen LogP contribution in [-0.2, 0) is 9.59 Å². The number of nitrogen functional groups attached to an aromatic ring is 1. The molecule has 14 nitrogen and oxygen atoms in total. The molecule has 0 atom stereocenters. The van der Waals surface area contributed by atoms with Crippen molar-refractivity contribution >= 4 is 42.1 Å². The second-order valence-electron chi connectivity index (χ2n) is 15.8. The van der Waals surface area contributed by atoms with Crippen LogP contribution < -0.4 is 25.8 Å². The molecule has 0 spiro atoms. The normalized spacial score (nSPS) is 15.8. The Hall–Kier alpha value is -7.42. The van der Waals surface area contributed by atoms with E-state index in [0.717, 1.165) is 27.6 Å². The molecular formula is C47H47BF2N10O4. The number of carbonyl (C=O) groups excluding carboxylic acids is 2. The van der Waals surface area contributed by atoms with Gasteiger partial charge in [0.2, 0.25) is 11.8 Å². The summed E-state index contributed by atoms with van der Waals surface area (Å²) in [5.74, 6) is 1.43. The van der Waals surface area contributed by atoms with Crippen LogP contribution in [0.1, 0.15) is 29.8 Å². The molecule has 3 aromatic carbocycles. The van der Waals surface area contributed by atoms with Crippen LogP contribution >= 0.6 is 0 Å². The molecule has 8 rings (SSSR count). The molecule has 3 aliphatic rings. The maximum absolute atomic E-state index is 15.7. The first-order chi connectivity index (χ1) is 31.0. The van der Waals surface area contributed by atoms with Crippen molar-refractivity contribution in [3.8, 4) is 40.3 Å². The number of nitrogens with zero attached hydrogens (tertiary/aromatic N) is 7. The van der Waals surface area contributed by atoms with Gasteiger partial charge >= 0.3 is 6.97 Å². The zero-order valence-electron chi connectivity index (χ0n) is 35.5. The molecule has 1 saturated heterocycles. The molecule has 0 aliphatic carbocycles. The smallest absolute Gasteiger partial charge is 0.457 e. The van der Waals surface area contributed by atoms with Crippen molar-refractivity contribution in [2.75, 3.05) is 56.9 Å². The Bertz CT molecular complexity index is 2740. The van der Waals surface area contributed by atoms with E-state index in [-0.39, 0.29) is 36.0 Å². The molecule has 4 N–H and O–H groups in total. The maximum atomic E-state index is 15.7. The number of rotatable bonds is 15. The number of hydrogen-bond donors (Lipinski definition) is 3. The van der Waals surface area contributed by atoms with E-state index in [1.807, 2.05) is 67.6 Å². The van der Waals surface area contributed by atoms with E-state index in [9.17, 15) is 14.9 Å². The minimum Gasteiger partial charge on any atom is -0.457 e. The van der Waals surface area contributed by atoms with Crippen molar-refractivity contribution in [1.82, 2.24) is 29.6 Å². The average Bonchev–Trinajstić information content (AvgIpc) is 3.84. The number of aromatic nitrogens is 3. The fourth-order valence-electron chi connectivity index (χ4n) is 8.18. The molecule has 2 amide bonds. The fourth-order valence-corrected chi connectivity index (χ4v) is 8.18. The third kappa shape index (κ3) is 9.63. The number of halogens is 2. The van der Waals surface area contributed by atoms with Gasteiger partial charge in [0, 0.05) is 94.3 Å². The highest BCUT2D eigenvalue weighted by Crippen LogP contribution is 2.37. The summed E-state index contributed by atoms with van der Waals surface area (Å²) >= 11 is 0. The maximum Gasteiger partial charge on any atom is 0.737 e. The van der Waals surface area contributed by atoms with Gasteiger partial charge in [-0.3, -0.25) is 19.4 Å². The first kappa shape index (κ1) is 43.2. The molecule has 5 heterocycles. The Kier molecular flexibility index (Phi) is 12.8. The summed E-state index contributed by atoms with van der Waals surface area (Å²) in [6.45, 7) is 3.83. The number of amides is 2. The third-order valence-corrected chi connectivity index (χ3v) is 11.4. The lowest BCUT2D eigenvalue weighted by atomic mass is 9.90. The summed E-state index contributed by atoms with van der Waals surface area (Å²) in [6.07, 6.45) is 8.38. The lowest BCUT2D eigenvalue weighted by molar-refractivity contribution is -0.362. The molecule has 3 aliphatic heterocycles. The second kappa shape index (κ2) is 18.9. The van der Waals surface area contributed by atoms with Crippen LogP contribution in [0.15, 0.2) is 121 Å². The van der Waals surface area contributed by atoms with E-state index >= 15 is 8.63 Å². The number of piperazine rings is 1. The van der Waals surface area contributed by atoms with Gasteiger partial charge in [-0.05, 0) is 79.2 Å². The van der Waals surface area contributed by atoms with E-state index < -0.39 is 12.9 Å². The minimum atomic E-state index is -4.06. The second-order valence-corrected chi connectivity index (χ2v) is 15.8. The Labute approximate surface area is 369 Å². The molecule has 326 valence electrons. The first-order valence-corrected chi connectivity index (χ1v) is 21.1. The molecule has 0 saturated carbocycles. The number of hydrogen-bond acceptors (Lipinski definition) is 10. The molecular weight excluding hydrogens is 817 g/mol. The Morgan fingerprint density at radius 1 is 0.922 bits per heavy atom. The van der Waals surface area contributed by atoms with Crippen molar-refractivity contribution in [3.05, 3.63) is 138 Å². The standard InChI is InChI=1S/C47H47BF2N10O4/c1-32-27-33(2)59-42(32)29-38-14-13-37(60(38)48(59,49)50)15-18-43(61)53-20-22-58-25-23-57(24-26-58)21-19-35(30-51)46(62)56-36-7-6-10-41(28-36)64-47-44(45(52)54-31-55-47)34-11-16-40(17-12-34)63-39-8-4-3-5-9-39/h3-14,16-17,19,27-29,31H,15,18,20-26H2,1-2H3,(H,53,61)(H,56,62)(H2,52,54,55). The van der Waals surface area contributed by atoms with Crippen LogP contribution in [0.2, 0.25) is 0 Å². The molecule has 5 aromatic rings. The molecule has 17 heteroatoms. The number of benzene rings is 3. The summed E-state index contributed by atoms with van der Waals surface area (Å²) < 4.78 is 45.7. The number of aryl methyl sites for hydroxylation is 2. The number of fused-ring (bicyclic) bond motifs is 2. The van der Waals surface area contributed by atoms with Gasteiger partial charge in [-0.25, -0.2) is 9.97 Å². The lowest BCUT2D eigenvalue weighted by Gasteiger charge is -2.34. The van der Waals surface area contributed by atoms with Crippen LogP contribution in [0.4, 0.5) is 20.1 Å². The quantitative estimate of drug-likeness (QED) is 0.0571. The molecule has 0 unspecified atom stereocenters. The number of nitrogens with two attached hydrogens (primary N) is 1. The average molecular weight is 865 g/mol. The molecule has 1 fully saturated rings. The molecule has 2 aromatic heterocycles. The number of anilines is 2. The molecule has 64 heavy (non-hydrogen) atoms. The van der Waals surface area contributed by atoms with Crippen molar-refractivity contribution in [2.45, 2.75) is 26.7 Å². The van der Waals surface area contributed by atoms with Crippen LogP contribution in [-0.4, -0.2) is 99.0 Å². The largest absolute Gasteiger partial charge is 0.737 e. The summed E-state index contributed by atoms with van der Waals surface area (Å²) in [4.78, 5) is 38.8. The lowest BCUT2D eigenvalue weighted by Crippen LogP contribution is -2.50. The zero-order chi connectivity index (χ0) is 44.8. The predicted octanol–water partition coefficient (Wildman–Crippen LogP) is 6.93. The third-order valence-electron chi connectivity index (χ3n) is 11.4. The zero-order valence-corrected chi connectivity index (χ0v) is 35.5. The van der Waals surface area contributed by atoms with Crippen LogP contribution in [0.5, 0.6) is 23.1 Å². The van der Waals surface area contributed by atoms with Gasteiger partial charge in [-0.15, -0.1) is 0 Å². The number of nitrogens with one attached hydrogen (secondary N) is 2. The predicted molar refractivity (Wildman–Crippen MR) is 242 cm³/mol. The molecule has 0 bridgehead atoms. The summed E-state index contributed by atoms with van der Waals surface area (Å²) in [6, 6.07) is 27.3. The number of ether oxygens (including phenoxy) is 2. The van der Waals surface area contributed by atoms with Gasteiger partial charge in [0.05, 0.1) is 5.56 Å². The van der Waals surface area contributed by atoms with Gasteiger partial charge in [0.25, 0.3) is 5.91 Å². The van der Waals surface area contributed by atoms with E-state index in [4.69, 9.17) is 15.2 Å². The van der Waals surface area contributed by atoms with Crippen molar-refractivity contribution < 1.29 is 32.2 Å². The number of nitriles is 1. The number of carbonyl (C=O) groups is 2. The highest BCUT2D eigenvalue weighted by atomic mass is 19.2. The van der Waals surface area contributed by atoms with Crippen molar-refractivity contribution in [2.24, 2.45) is 0 Å². The van der Waals surface area contributed by atoms with Crippen LogP contribution in [0, 0.1) is 25.2 Å². The van der Waals surface area contributed by atoms with Gasteiger partial charge in [0.1, 0.15) is 46.7 Å². The van der Waals surface area contributed by atoms with Crippen molar-refractivity contribution in [1.29, 1.82) is 5.26 Å². The Balaban J connectivity index is 0.781. The Morgan fingerprint density at radius 2 is 1.66 bits per heavy atom. The number of para-hydroxylation sites is 1. The van der Waals surface area contributed by atoms with Gasteiger partial charge < -0.3 is 43.4 Å². The van der Waals surface area contributed by atoms with E-state index in [1.54, 1.807) is 61.6 Å². The van der Waals surface area contributed by atoms with Gasteiger partial charge in [-0.1, -0.05) is 36.4 Å². The van der Waals surface area contributed by atoms with Crippen LogP contribution in [0.25, 0.3) is 17.2 Å². The highest BCUT2D eigenvalue weighted by molar-refractivity contribution is 6.58. The van der Waals surface area contributed by atoms with Crippen molar-refractivity contribution in [3.63, 3.8) is 0 Å². The van der Waals surface area contributed by atoms with E-state index in [2.05, 4.69) is 30.4 Å². The highest BCUT2D eigenvalue weighted by Gasteiger charge is 2.52. The summed E-state index contributed by atoms with van der Waals surface area (Å²) in [5, 5.41) is 15.6. The summed E-state index contributed by atoms with van der Waals surface area (Å²) in [5.41, 5.74) is 10.6. The number of allylic oxidation sites excluding steroid dienone is 2. The van der Waals surface area contributed by atoms with E-state index in [1.165, 1.54) is 6.33 Å². The summed E-state index contributed by atoms with van der Waals surface area (Å²) in [7, 11) is 0. The van der Waals surface area contributed by atoms with Gasteiger partial charge in [0.15, 0.2) is 5.70 Å². The SMILES string of the molecule is Cc1cc(C)n2c1C=C1C=CC(CCC(=O)NCCN3CCN(CC=C(C#N)C(=O)Nc4cccc(Oc5ncnc(N)c5-c5ccc(Oc6ccccc6)cc5)c4)CC3)=[N+]1[B-]2(F)F. The van der Waals surface area contributed by atoms with Gasteiger partial charge in [-0.2, -0.15) is 5.26 Å². The monoisotopic (exact) mass is 864 g/mol.